The third-order valence-corrected chi connectivity index (χ3v) is 4.58. The highest BCUT2D eigenvalue weighted by molar-refractivity contribution is 5.20. The molecule has 1 aliphatic heterocycles. The summed E-state index contributed by atoms with van der Waals surface area (Å²) in [7, 11) is 0. The molecule has 1 fully saturated rings. The van der Waals surface area contributed by atoms with Crippen LogP contribution in [0.1, 0.15) is 45.6 Å². The lowest BCUT2D eigenvalue weighted by molar-refractivity contribution is 0.00647. The zero-order valence-corrected chi connectivity index (χ0v) is 13.4. The van der Waals surface area contributed by atoms with Gasteiger partial charge in [0.05, 0.1) is 0 Å². The van der Waals surface area contributed by atoms with Crippen LogP contribution in [0.2, 0.25) is 0 Å². The van der Waals surface area contributed by atoms with Gasteiger partial charge in [-0.05, 0) is 51.7 Å². The van der Waals surface area contributed by atoms with E-state index in [-0.39, 0.29) is 11.4 Å². The van der Waals surface area contributed by atoms with Crippen molar-refractivity contribution in [3.63, 3.8) is 0 Å². The van der Waals surface area contributed by atoms with Crippen LogP contribution in [0.5, 0.6) is 0 Å². The minimum absolute atomic E-state index is 0.154. The Morgan fingerprint density at radius 3 is 2.48 bits per heavy atom. The summed E-state index contributed by atoms with van der Waals surface area (Å²) in [6.45, 7) is 7.02. The van der Waals surface area contributed by atoms with E-state index in [1.807, 2.05) is 12.1 Å². The Kier molecular flexibility index (Phi) is 5.36. The zero-order valence-electron chi connectivity index (χ0n) is 13.4. The van der Waals surface area contributed by atoms with Gasteiger partial charge in [0.1, 0.15) is 5.82 Å². The van der Waals surface area contributed by atoms with Crippen LogP contribution in [0.15, 0.2) is 24.3 Å². The molecule has 2 rings (SSSR count). The number of rotatable bonds is 5. The zero-order chi connectivity index (χ0) is 15.5. The summed E-state index contributed by atoms with van der Waals surface area (Å²) < 4.78 is 13.9. The topological polar surface area (TPSA) is 41.3 Å². The van der Waals surface area contributed by atoms with E-state index in [9.17, 15) is 4.39 Å². The first kappa shape index (κ1) is 16.4. The van der Waals surface area contributed by atoms with Gasteiger partial charge in [0.15, 0.2) is 0 Å². The molecule has 3 nitrogen and oxygen atoms in total. The van der Waals surface area contributed by atoms with E-state index < -0.39 is 0 Å². The predicted molar refractivity (Wildman–Crippen MR) is 85.3 cm³/mol. The molecular weight excluding hydrogens is 265 g/mol. The van der Waals surface area contributed by atoms with Crippen LogP contribution < -0.4 is 11.2 Å². The van der Waals surface area contributed by atoms with Gasteiger partial charge in [0.2, 0.25) is 0 Å². The smallest absolute Gasteiger partial charge is 0.126 e. The number of nitrogens with zero attached hydrogens (tertiary/aromatic N) is 1. The van der Waals surface area contributed by atoms with Gasteiger partial charge < -0.3 is 5.73 Å². The molecule has 0 aliphatic carbocycles. The summed E-state index contributed by atoms with van der Waals surface area (Å²) >= 11 is 0. The maximum Gasteiger partial charge on any atom is 0.126 e. The molecule has 3 N–H and O–H groups in total. The van der Waals surface area contributed by atoms with Crippen LogP contribution in [0, 0.1) is 5.82 Å². The number of benzene rings is 1. The van der Waals surface area contributed by atoms with E-state index >= 15 is 0 Å². The lowest BCUT2D eigenvalue weighted by Gasteiger charge is -2.45. The minimum Gasteiger partial charge on any atom is -0.329 e. The first-order valence-electron chi connectivity index (χ1n) is 7.95. The summed E-state index contributed by atoms with van der Waals surface area (Å²) in [6, 6.07) is 7.93. The third kappa shape index (κ3) is 4.02. The highest BCUT2D eigenvalue weighted by Gasteiger charge is 2.32. The number of piperidine rings is 1. The van der Waals surface area contributed by atoms with Crippen LogP contribution in [0.25, 0.3) is 0 Å². The number of hydrogen-bond acceptors (Lipinski definition) is 3. The highest BCUT2D eigenvalue weighted by Crippen LogP contribution is 2.23. The van der Waals surface area contributed by atoms with Crippen molar-refractivity contribution in [3.05, 3.63) is 35.6 Å². The Bertz CT molecular complexity index is 455. The van der Waals surface area contributed by atoms with Crippen molar-refractivity contribution in [2.45, 2.75) is 64.1 Å². The first-order chi connectivity index (χ1) is 9.95. The Hall–Kier alpha value is -0.970. The molecule has 3 atom stereocenters. The Labute approximate surface area is 127 Å². The monoisotopic (exact) mass is 293 g/mol. The molecular formula is C17H28FN3. The Balaban J connectivity index is 2.11. The molecule has 118 valence electrons. The van der Waals surface area contributed by atoms with Crippen LogP contribution in [0.3, 0.4) is 0 Å². The molecule has 1 aromatic carbocycles. The lowest BCUT2D eigenvalue weighted by Crippen LogP contribution is -2.63. The second-order valence-corrected chi connectivity index (χ2v) is 6.68. The number of nitrogens with two attached hydrogens (primary N) is 1. The average molecular weight is 293 g/mol. The van der Waals surface area contributed by atoms with Crippen molar-refractivity contribution >= 4 is 0 Å². The number of hydrogen-bond donors (Lipinski definition) is 2. The summed E-state index contributed by atoms with van der Waals surface area (Å²) in [4.78, 5) is 0. The summed E-state index contributed by atoms with van der Waals surface area (Å²) in [5.41, 5.74) is 9.99. The predicted octanol–water partition coefficient (Wildman–Crippen LogP) is 2.85. The van der Waals surface area contributed by atoms with Gasteiger partial charge in [-0.3, -0.25) is 0 Å². The van der Waals surface area contributed by atoms with E-state index in [1.165, 1.54) is 25.3 Å². The van der Waals surface area contributed by atoms with Crippen molar-refractivity contribution in [1.29, 1.82) is 0 Å². The van der Waals surface area contributed by atoms with Crippen molar-refractivity contribution < 1.29 is 4.39 Å². The van der Waals surface area contributed by atoms with E-state index in [0.29, 0.717) is 25.0 Å². The summed E-state index contributed by atoms with van der Waals surface area (Å²) in [6.07, 6.45) is 4.24. The van der Waals surface area contributed by atoms with E-state index in [0.717, 1.165) is 5.56 Å². The minimum atomic E-state index is -0.331. The van der Waals surface area contributed by atoms with E-state index in [4.69, 9.17) is 5.73 Å². The van der Waals surface area contributed by atoms with Gasteiger partial charge >= 0.3 is 0 Å². The fraction of sp³-hybridized carbons (Fsp3) is 0.647. The Morgan fingerprint density at radius 2 is 1.90 bits per heavy atom. The van der Waals surface area contributed by atoms with Gasteiger partial charge in [-0.2, -0.15) is 0 Å². The molecule has 1 aliphatic rings. The number of nitrogens with one attached hydrogen (secondary N) is 1. The highest BCUT2D eigenvalue weighted by atomic mass is 19.1. The van der Waals surface area contributed by atoms with Crippen molar-refractivity contribution in [1.82, 2.24) is 10.4 Å². The molecule has 1 aromatic rings. The molecule has 0 bridgehead atoms. The lowest BCUT2D eigenvalue weighted by atomic mass is 9.92. The van der Waals surface area contributed by atoms with Gasteiger partial charge in [-0.15, -0.1) is 0 Å². The van der Waals surface area contributed by atoms with Gasteiger partial charge in [0, 0.05) is 24.2 Å². The first-order valence-corrected chi connectivity index (χ1v) is 7.95. The quantitative estimate of drug-likeness (QED) is 0.877. The number of halogens is 1. The third-order valence-electron chi connectivity index (χ3n) is 4.58. The van der Waals surface area contributed by atoms with Gasteiger partial charge in [-0.25, -0.2) is 14.8 Å². The van der Waals surface area contributed by atoms with Crippen molar-refractivity contribution in [2.24, 2.45) is 5.73 Å². The molecule has 0 saturated carbocycles. The van der Waals surface area contributed by atoms with Crippen LogP contribution >= 0.6 is 0 Å². The van der Waals surface area contributed by atoms with E-state index in [2.05, 4.69) is 31.2 Å². The largest absolute Gasteiger partial charge is 0.329 e. The second-order valence-electron chi connectivity index (χ2n) is 6.68. The fourth-order valence-corrected chi connectivity index (χ4v) is 3.17. The maximum atomic E-state index is 13.9. The van der Waals surface area contributed by atoms with E-state index in [1.54, 1.807) is 6.07 Å². The van der Waals surface area contributed by atoms with Gasteiger partial charge in [0.25, 0.3) is 0 Å². The molecule has 0 radical (unpaired) electrons. The maximum absolute atomic E-state index is 13.9. The fourth-order valence-electron chi connectivity index (χ4n) is 3.17. The Morgan fingerprint density at radius 1 is 1.29 bits per heavy atom. The van der Waals surface area contributed by atoms with Crippen molar-refractivity contribution in [2.75, 3.05) is 6.54 Å². The SMILES string of the molecule is CC1CCCC(C)N1NC(C)(CN)Cc1ccccc1F. The summed E-state index contributed by atoms with van der Waals surface area (Å²) in [5, 5.41) is 2.32. The molecule has 3 unspecified atom stereocenters. The average Bonchev–Trinajstić information content (AvgIpc) is 2.46. The molecule has 1 heterocycles. The molecule has 0 amide bonds. The van der Waals surface area contributed by atoms with Crippen LogP contribution in [-0.2, 0) is 6.42 Å². The normalized spacial score (nSPS) is 26.5. The molecule has 1 saturated heterocycles. The van der Waals surface area contributed by atoms with Crippen molar-refractivity contribution in [3.8, 4) is 0 Å². The van der Waals surface area contributed by atoms with Crippen LogP contribution in [-0.4, -0.2) is 29.2 Å². The van der Waals surface area contributed by atoms with Gasteiger partial charge in [-0.1, -0.05) is 24.6 Å². The molecule has 21 heavy (non-hydrogen) atoms. The standard InChI is InChI=1S/C17H28FN3/c1-13-7-6-8-14(2)21(13)20-17(3,12-19)11-15-9-4-5-10-16(15)18/h4-5,9-10,13-14,20H,6-8,11-12,19H2,1-3H3. The van der Waals surface area contributed by atoms with Crippen LogP contribution in [0.4, 0.5) is 4.39 Å². The number of hydrazine groups is 1. The second kappa shape index (κ2) is 6.86. The molecule has 4 heteroatoms. The summed E-state index contributed by atoms with van der Waals surface area (Å²) in [5.74, 6) is -0.154. The molecule has 0 spiro atoms. The molecule has 0 aromatic heterocycles.